The fourth-order valence-corrected chi connectivity index (χ4v) is 3.26. The van der Waals surface area contributed by atoms with Gasteiger partial charge in [-0.2, -0.15) is 5.26 Å². The minimum Gasteiger partial charge on any atom is -0.256 e. The topological polar surface area (TPSA) is 96.8 Å². The van der Waals surface area contributed by atoms with Crippen molar-refractivity contribution in [3.05, 3.63) is 71.7 Å². The second kappa shape index (κ2) is 6.67. The lowest BCUT2D eigenvalue weighted by atomic mass is 9.96. The number of nitrogens with zero attached hydrogens (tertiary/aromatic N) is 2. The van der Waals surface area contributed by atoms with E-state index in [2.05, 4.69) is 11.1 Å². The molecule has 7 heteroatoms. The standard InChI is InChI=1S/C19H14FN3O2S/c1-12-7-13(4-5-14(12)11-21)18-3-2-6-23-19(18)15-8-16(20)10-17(9-15)26(22,24)25/h2-10H,1H3,(H2,22,24,25). The van der Waals surface area contributed by atoms with Gasteiger partial charge in [0, 0.05) is 17.3 Å². The van der Waals surface area contributed by atoms with E-state index in [4.69, 9.17) is 10.4 Å². The highest BCUT2D eigenvalue weighted by atomic mass is 32.2. The lowest BCUT2D eigenvalue weighted by Gasteiger charge is -2.11. The summed E-state index contributed by atoms with van der Waals surface area (Å²) in [4.78, 5) is 3.98. The van der Waals surface area contributed by atoms with Crippen LogP contribution in [0.25, 0.3) is 22.4 Å². The lowest BCUT2D eigenvalue weighted by Crippen LogP contribution is -2.12. The van der Waals surface area contributed by atoms with Crippen molar-refractivity contribution >= 4 is 10.0 Å². The van der Waals surface area contributed by atoms with Gasteiger partial charge in [-0.1, -0.05) is 18.2 Å². The first-order chi connectivity index (χ1) is 12.3. The maximum absolute atomic E-state index is 14.0. The highest BCUT2D eigenvalue weighted by Crippen LogP contribution is 2.32. The third kappa shape index (κ3) is 3.47. The molecule has 1 heterocycles. The smallest absolute Gasteiger partial charge is 0.238 e. The number of aryl methyl sites for hydroxylation is 1. The van der Waals surface area contributed by atoms with Gasteiger partial charge in [0.25, 0.3) is 0 Å². The third-order valence-electron chi connectivity index (χ3n) is 3.94. The summed E-state index contributed by atoms with van der Waals surface area (Å²) in [7, 11) is -4.05. The van der Waals surface area contributed by atoms with Crippen LogP contribution in [0, 0.1) is 24.1 Å². The van der Waals surface area contributed by atoms with Crippen LogP contribution in [0.1, 0.15) is 11.1 Å². The molecule has 2 aromatic carbocycles. The molecular weight excluding hydrogens is 353 g/mol. The van der Waals surface area contributed by atoms with Gasteiger partial charge in [0.05, 0.1) is 22.2 Å². The van der Waals surface area contributed by atoms with Crippen molar-refractivity contribution in [1.82, 2.24) is 4.98 Å². The Hall–Kier alpha value is -3.08. The first kappa shape index (κ1) is 17.7. The summed E-state index contributed by atoms with van der Waals surface area (Å²) < 4.78 is 37.2. The van der Waals surface area contributed by atoms with Crippen molar-refractivity contribution in [1.29, 1.82) is 5.26 Å². The van der Waals surface area contributed by atoms with E-state index in [1.807, 2.05) is 13.0 Å². The van der Waals surface area contributed by atoms with Crippen LogP contribution in [0.4, 0.5) is 4.39 Å². The zero-order valence-corrected chi connectivity index (χ0v) is 14.6. The quantitative estimate of drug-likeness (QED) is 0.767. The largest absolute Gasteiger partial charge is 0.256 e. The number of primary sulfonamides is 1. The molecule has 0 aliphatic heterocycles. The molecular formula is C19H14FN3O2S. The van der Waals surface area contributed by atoms with Crippen LogP contribution in [-0.2, 0) is 10.0 Å². The van der Waals surface area contributed by atoms with E-state index in [1.165, 1.54) is 18.3 Å². The third-order valence-corrected chi connectivity index (χ3v) is 4.83. The van der Waals surface area contributed by atoms with Gasteiger partial charge in [-0.25, -0.2) is 17.9 Å². The normalized spacial score (nSPS) is 11.2. The van der Waals surface area contributed by atoms with Crippen molar-refractivity contribution < 1.29 is 12.8 Å². The van der Waals surface area contributed by atoms with E-state index in [0.717, 1.165) is 17.2 Å². The van der Waals surface area contributed by atoms with Gasteiger partial charge < -0.3 is 0 Å². The number of hydrogen-bond donors (Lipinski definition) is 1. The van der Waals surface area contributed by atoms with Crippen LogP contribution in [0.15, 0.2) is 59.6 Å². The zero-order valence-electron chi connectivity index (χ0n) is 13.8. The Balaban J connectivity index is 2.22. The van der Waals surface area contributed by atoms with Gasteiger partial charge in [-0.05, 0) is 48.4 Å². The number of nitrogens with two attached hydrogens (primary N) is 1. The number of halogens is 1. The van der Waals surface area contributed by atoms with Crippen LogP contribution < -0.4 is 5.14 Å². The molecule has 1 aromatic heterocycles. The van der Waals surface area contributed by atoms with Crippen molar-refractivity contribution in [2.75, 3.05) is 0 Å². The van der Waals surface area contributed by atoms with Crippen molar-refractivity contribution in [2.24, 2.45) is 5.14 Å². The van der Waals surface area contributed by atoms with Crippen molar-refractivity contribution in [3.8, 4) is 28.5 Å². The van der Waals surface area contributed by atoms with Gasteiger partial charge in [0.1, 0.15) is 5.82 Å². The molecule has 0 saturated carbocycles. The molecule has 3 aromatic rings. The Bertz CT molecular complexity index is 1150. The first-order valence-electron chi connectivity index (χ1n) is 7.59. The van der Waals surface area contributed by atoms with Crippen LogP contribution in [-0.4, -0.2) is 13.4 Å². The van der Waals surface area contributed by atoms with E-state index in [9.17, 15) is 12.8 Å². The molecule has 2 N–H and O–H groups in total. The maximum atomic E-state index is 14.0. The molecule has 0 saturated heterocycles. The number of benzene rings is 2. The number of pyridine rings is 1. The molecule has 0 radical (unpaired) electrons. The minimum atomic E-state index is -4.05. The summed E-state index contributed by atoms with van der Waals surface area (Å²) in [5.41, 5.74) is 3.54. The molecule has 0 aliphatic rings. The Morgan fingerprint density at radius 3 is 2.54 bits per heavy atom. The predicted molar refractivity (Wildman–Crippen MR) is 95.9 cm³/mol. The second-order valence-electron chi connectivity index (χ2n) is 5.76. The van der Waals surface area contributed by atoms with Gasteiger partial charge >= 0.3 is 0 Å². The zero-order chi connectivity index (χ0) is 18.9. The molecule has 0 atom stereocenters. The van der Waals surface area contributed by atoms with E-state index in [-0.39, 0.29) is 4.90 Å². The average Bonchev–Trinajstić information content (AvgIpc) is 2.60. The number of hydrogen-bond acceptors (Lipinski definition) is 4. The number of sulfonamides is 1. The molecule has 5 nitrogen and oxygen atoms in total. The van der Waals surface area contributed by atoms with E-state index < -0.39 is 15.8 Å². The summed E-state index contributed by atoms with van der Waals surface area (Å²) >= 11 is 0. The predicted octanol–water partition coefficient (Wildman–Crippen LogP) is 3.38. The molecule has 0 aliphatic carbocycles. The van der Waals surface area contributed by atoms with E-state index >= 15 is 0 Å². The SMILES string of the molecule is Cc1cc(-c2cccnc2-c2cc(F)cc(S(N)(=O)=O)c2)ccc1C#N. The average molecular weight is 367 g/mol. The summed E-state index contributed by atoms with van der Waals surface area (Å²) in [6.07, 6.45) is 1.54. The highest BCUT2D eigenvalue weighted by Gasteiger charge is 2.15. The van der Waals surface area contributed by atoms with Crippen LogP contribution >= 0.6 is 0 Å². The molecule has 0 unspecified atom stereocenters. The molecule has 0 amide bonds. The van der Waals surface area contributed by atoms with E-state index in [0.29, 0.717) is 22.4 Å². The van der Waals surface area contributed by atoms with Crippen molar-refractivity contribution in [3.63, 3.8) is 0 Å². The van der Waals surface area contributed by atoms with Gasteiger partial charge in [0.2, 0.25) is 10.0 Å². The summed E-state index contributed by atoms with van der Waals surface area (Å²) in [6.45, 7) is 1.82. The Kier molecular flexibility index (Phi) is 4.55. The molecule has 0 bridgehead atoms. The van der Waals surface area contributed by atoms with Gasteiger partial charge in [0.15, 0.2) is 0 Å². The number of aromatic nitrogens is 1. The Morgan fingerprint density at radius 1 is 1.12 bits per heavy atom. The molecule has 130 valence electrons. The summed E-state index contributed by atoms with van der Waals surface area (Å²) in [5.74, 6) is -0.723. The van der Waals surface area contributed by atoms with Crippen molar-refractivity contribution in [2.45, 2.75) is 11.8 Å². The molecule has 0 spiro atoms. The first-order valence-corrected chi connectivity index (χ1v) is 9.14. The Labute approximate surface area is 150 Å². The maximum Gasteiger partial charge on any atom is 0.238 e. The van der Waals surface area contributed by atoms with Crippen LogP contribution in [0.3, 0.4) is 0 Å². The molecule has 26 heavy (non-hydrogen) atoms. The monoisotopic (exact) mass is 367 g/mol. The number of rotatable bonds is 3. The second-order valence-corrected chi connectivity index (χ2v) is 7.32. The fraction of sp³-hybridized carbons (Fsp3) is 0.0526. The van der Waals surface area contributed by atoms with Crippen LogP contribution in [0.2, 0.25) is 0 Å². The van der Waals surface area contributed by atoms with Gasteiger partial charge in [-0.3, -0.25) is 4.98 Å². The lowest BCUT2D eigenvalue weighted by molar-refractivity contribution is 0.592. The van der Waals surface area contributed by atoms with Crippen LogP contribution in [0.5, 0.6) is 0 Å². The van der Waals surface area contributed by atoms with Gasteiger partial charge in [-0.15, -0.1) is 0 Å². The minimum absolute atomic E-state index is 0.298. The fourth-order valence-electron chi connectivity index (χ4n) is 2.69. The summed E-state index contributed by atoms with van der Waals surface area (Å²) in [6, 6.07) is 14.3. The Morgan fingerprint density at radius 2 is 1.88 bits per heavy atom. The highest BCUT2D eigenvalue weighted by molar-refractivity contribution is 7.89. The summed E-state index contributed by atoms with van der Waals surface area (Å²) in [5, 5.41) is 14.2. The molecule has 3 rings (SSSR count). The number of nitriles is 1. The van der Waals surface area contributed by atoms with E-state index in [1.54, 1.807) is 24.3 Å². The molecule has 0 fully saturated rings.